The standard InChI is InChI=1S/C78H81BN4S/c1-73(2,3)46-26-31-52(32-27-46)80(53-33-28-47(29-34-53)74(4,5)6)54-35-36-58-62(45-54)81(61-23-21-25-68-69(61)55-22-19-20-24-67(55)84-68)63-41-51(78(16,17)18)42-64-70(63)79(58)59-40-50(77(13,14)15)44-66-72(59)83(64)65-43-49(76(10,11)12)39-57-56-38-48(75(7,8)9)30-37-60(56)82(66)71(57)65/h19-45H,1-18H3. The molecule has 0 bridgehead atoms. The molecular weight excluding hydrogens is 1040 g/mol. The van der Waals surface area contributed by atoms with Crippen molar-refractivity contribution in [2.24, 2.45) is 0 Å². The lowest BCUT2D eigenvalue weighted by Crippen LogP contribution is -2.62. The molecule has 3 aliphatic heterocycles. The Bertz CT molecular complexity index is 4490. The summed E-state index contributed by atoms with van der Waals surface area (Å²) in [6.45, 7) is 42.3. The molecule has 4 nitrogen and oxygen atoms in total. The third-order valence-corrected chi connectivity index (χ3v) is 19.9. The van der Waals surface area contributed by atoms with Crippen molar-refractivity contribution in [1.29, 1.82) is 0 Å². The highest BCUT2D eigenvalue weighted by Gasteiger charge is 2.48. The number of hydrogen-bond acceptors (Lipinski definition) is 4. The molecule has 422 valence electrons. The number of fused-ring (bicyclic) bond motifs is 12. The number of nitrogens with zero attached hydrogens (tertiary/aromatic N) is 4. The van der Waals surface area contributed by atoms with Gasteiger partial charge >= 0.3 is 0 Å². The number of thiophene rings is 1. The molecule has 0 spiro atoms. The van der Waals surface area contributed by atoms with Gasteiger partial charge in [-0.15, -0.1) is 11.3 Å². The van der Waals surface area contributed by atoms with Gasteiger partial charge in [0.2, 0.25) is 0 Å². The van der Waals surface area contributed by atoms with Crippen molar-refractivity contribution in [1.82, 2.24) is 4.57 Å². The second-order valence-corrected chi connectivity index (χ2v) is 31.9. The van der Waals surface area contributed by atoms with E-state index < -0.39 is 0 Å². The molecule has 0 aliphatic carbocycles. The number of benzene rings is 9. The Morgan fingerprint density at radius 1 is 0.345 bits per heavy atom. The number of anilines is 9. The predicted molar refractivity (Wildman–Crippen MR) is 368 cm³/mol. The van der Waals surface area contributed by atoms with Crippen LogP contribution in [-0.2, 0) is 32.5 Å². The molecule has 0 radical (unpaired) electrons. The number of aromatic nitrogens is 1. The van der Waals surface area contributed by atoms with Crippen LogP contribution in [0.5, 0.6) is 0 Å². The van der Waals surface area contributed by atoms with Gasteiger partial charge in [-0.3, -0.25) is 0 Å². The maximum Gasteiger partial charge on any atom is 0.252 e. The highest BCUT2D eigenvalue weighted by atomic mass is 32.1. The van der Waals surface area contributed by atoms with Gasteiger partial charge in [-0.05, 0) is 179 Å². The molecule has 0 amide bonds. The lowest BCUT2D eigenvalue weighted by Gasteiger charge is -2.47. The molecule has 3 aliphatic rings. The maximum atomic E-state index is 2.74. The van der Waals surface area contributed by atoms with E-state index in [1.807, 2.05) is 11.3 Å². The van der Waals surface area contributed by atoms with Crippen LogP contribution in [0, 0.1) is 0 Å². The first-order chi connectivity index (χ1) is 39.4. The summed E-state index contributed by atoms with van der Waals surface area (Å²) in [5.41, 5.74) is 26.1. The molecule has 0 unspecified atom stereocenters. The van der Waals surface area contributed by atoms with Crippen molar-refractivity contribution in [3.05, 3.63) is 197 Å². The van der Waals surface area contributed by atoms with Crippen LogP contribution in [0.4, 0.5) is 51.2 Å². The van der Waals surface area contributed by atoms with E-state index in [4.69, 9.17) is 0 Å². The van der Waals surface area contributed by atoms with Crippen LogP contribution in [0.3, 0.4) is 0 Å². The first-order valence-corrected chi connectivity index (χ1v) is 31.4. The van der Waals surface area contributed by atoms with Crippen LogP contribution in [0.1, 0.15) is 158 Å². The summed E-state index contributed by atoms with van der Waals surface area (Å²) in [5, 5.41) is 5.21. The maximum absolute atomic E-state index is 2.74. The topological polar surface area (TPSA) is 14.7 Å². The zero-order valence-electron chi connectivity index (χ0n) is 52.9. The van der Waals surface area contributed by atoms with Crippen LogP contribution in [0.25, 0.3) is 47.7 Å². The minimum atomic E-state index is -0.193. The van der Waals surface area contributed by atoms with E-state index >= 15 is 0 Å². The molecule has 6 heteroatoms. The predicted octanol–water partition coefficient (Wildman–Crippen LogP) is 20.8. The molecule has 2 aromatic heterocycles. The second-order valence-electron chi connectivity index (χ2n) is 30.8. The molecule has 14 rings (SSSR count). The average molecular weight is 1120 g/mol. The number of hydrogen-bond donors (Lipinski definition) is 0. The Balaban J connectivity index is 1.14. The van der Waals surface area contributed by atoms with Gasteiger partial charge in [0, 0.05) is 65.1 Å². The van der Waals surface area contributed by atoms with Crippen LogP contribution >= 0.6 is 11.3 Å². The molecule has 0 saturated heterocycles. The Hall–Kier alpha value is -7.54. The van der Waals surface area contributed by atoms with Crippen LogP contribution < -0.4 is 31.1 Å². The van der Waals surface area contributed by atoms with E-state index in [9.17, 15) is 0 Å². The first-order valence-electron chi connectivity index (χ1n) is 30.6. The van der Waals surface area contributed by atoms with Gasteiger partial charge in [-0.2, -0.15) is 0 Å². The van der Waals surface area contributed by atoms with Crippen molar-refractivity contribution in [3.63, 3.8) is 0 Å². The Kier molecular flexibility index (Phi) is 11.7. The zero-order chi connectivity index (χ0) is 59.3. The van der Waals surface area contributed by atoms with Crippen molar-refractivity contribution in [3.8, 4) is 5.69 Å². The van der Waals surface area contributed by atoms with E-state index in [0.717, 1.165) is 17.1 Å². The van der Waals surface area contributed by atoms with Crippen molar-refractivity contribution in [2.75, 3.05) is 14.7 Å². The minimum absolute atomic E-state index is 0.0152. The highest BCUT2D eigenvalue weighted by Crippen LogP contribution is 2.56. The molecule has 11 aromatic rings. The van der Waals surface area contributed by atoms with Gasteiger partial charge in [0.15, 0.2) is 0 Å². The Labute approximate surface area is 503 Å². The quantitative estimate of drug-likeness (QED) is 0.163. The fourth-order valence-corrected chi connectivity index (χ4v) is 15.0. The summed E-state index contributed by atoms with van der Waals surface area (Å²) in [6, 6.07) is 64.9. The van der Waals surface area contributed by atoms with E-state index in [0.29, 0.717) is 0 Å². The third-order valence-electron chi connectivity index (χ3n) is 18.8. The average Bonchev–Trinajstić information content (AvgIpc) is 1.17. The van der Waals surface area contributed by atoms with E-state index in [1.54, 1.807) is 0 Å². The lowest BCUT2D eigenvalue weighted by atomic mass is 9.33. The second kappa shape index (κ2) is 18.0. The first kappa shape index (κ1) is 54.4. The highest BCUT2D eigenvalue weighted by molar-refractivity contribution is 7.26. The summed E-state index contributed by atoms with van der Waals surface area (Å²) < 4.78 is 5.26. The SMILES string of the molecule is CC(C)(C)c1ccc(N(c2ccc(C(C)(C)C)cc2)c2ccc3c(c2)N(c2cccc4sc5ccccc5c24)c2cc(C(C)(C)C)cc4c2B3c2cc(C(C)(C)C)cc3c2N4c2cc(C(C)(C)C)cc4c5cc(C(C)(C)C)ccc5n-3c24)cc1. The number of rotatable bonds is 4. The van der Waals surface area contributed by atoms with Gasteiger partial charge in [0.1, 0.15) is 0 Å². The zero-order valence-corrected chi connectivity index (χ0v) is 53.7. The summed E-state index contributed by atoms with van der Waals surface area (Å²) in [4.78, 5) is 7.93. The van der Waals surface area contributed by atoms with E-state index in [2.05, 4.69) is 308 Å². The molecule has 0 N–H and O–H groups in total. The van der Waals surface area contributed by atoms with Crippen LogP contribution in [0.2, 0.25) is 0 Å². The van der Waals surface area contributed by atoms with Gasteiger partial charge in [0.25, 0.3) is 6.71 Å². The molecule has 0 saturated carbocycles. The van der Waals surface area contributed by atoms with Gasteiger partial charge in [-0.25, -0.2) is 0 Å². The van der Waals surface area contributed by atoms with Crippen molar-refractivity contribution < 1.29 is 0 Å². The Morgan fingerprint density at radius 3 is 1.45 bits per heavy atom. The fourth-order valence-electron chi connectivity index (χ4n) is 13.8. The van der Waals surface area contributed by atoms with Gasteiger partial charge in [0.05, 0.1) is 33.8 Å². The van der Waals surface area contributed by atoms with Gasteiger partial charge < -0.3 is 19.3 Å². The smallest absolute Gasteiger partial charge is 0.252 e. The van der Waals surface area contributed by atoms with Crippen LogP contribution in [-0.4, -0.2) is 11.3 Å². The monoisotopic (exact) mass is 1120 g/mol. The molecule has 84 heavy (non-hydrogen) atoms. The van der Waals surface area contributed by atoms with Crippen molar-refractivity contribution >= 4 is 128 Å². The summed E-state index contributed by atoms with van der Waals surface area (Å²) in [5.74, 6) is 0. The molecular formula is C78H81BN4S. The lowest BCUT2D eigenvalue weighted by molar-refractivity contribution is 0.589. The summed E-state index contributed by atoms with van der Waals surface area (Å²) >= 11 is 1.90. The van der Waals surface area contributed by atoms with Crippen LogP contribution in [0.15, 0.2) is 164 Å². The van der Waals surface area contributed by atoms with E-state index in [-0.39, 0.29) is 39.2 Å². The molecule has 9 aromatic carbocycles. The molecule has 0 fully saturated rings. The normalized spacial score (nSPS) is 14.2. The largest absolute Gasteiger partial charge is 0.311 e. The van der Waals surface area contributed by atoms with E-state index in [1.165, 1.54) is 132 Å². The third kappa shape index (κ3) is 8.34. The van der Waals surface area contributed by atoms with Gasteiger partial charge in [-0.1, -0.05) is 191 Å². The summed E-state index contributed by atoms with van der Waals surface area (Å²) in [7, 11) is 0. The molecule has 0 atom stereocenters. The fraction of sp³-hybridized carbons (Fsp3) is 0.308. The summed E-state index contributed by atoms with van der Waals surface area (Å²) in [6.07, 6.45) is 0. The Morgan fingerprint density at radius 2 is 0.845 bits per heavy atom. The molecule has 5 heterocycles. The van der Waals surface area contributed by atoms with Crippen molar-refractivity contribution in [2.45, 2.75) is 157 Å². The minimum Gasteiger partial charge on any atom is -0.311 e.